The summed E-state index contributed by atoms with van der Waals surface area (Å²) in [6.07, 6.45) is 10.8. The summed E-state index contributed by atoms with van der Waals surface area (Å²) >= 11 is 0. The van der Waals surface area contributed by atoms with Crippen LogP contribution < -0.4 is 0 Å². The molecule has 0 radical (unpaired) electrons. The van der Waals surface area contributed by atoms with Gasteiger partial charge < -0.3 is 4.42 Å². The third kappa shape index (κ3) is 3.69. The van der Waals surface area contributed by atoms with E-state index in [4.69, 9.17) is 4.42 Å². The van der Waals surface area contributed by atoms with Gasteiger partial charge in [-0.25, -0.2) is 4.98 Å². The number of unbranched alkanes of at least 4 members (excludes halogenated alkanes) is 4. The fourth-order valence-corrected chi connectivity index (χ4v) is 1.93. The maximum Gasteiger partial charge on any atom is 0.194 e. The molecule has 2 rings (SSSR count). The molecule has 0 aliphatic rings. The molecule has 0 bridgehead atoms. The predicted octanol–water partition coefficient (Wildman–Crippen LogP) is 4.25. The Morgan fingerprint density at radius 3 is 2.72 bits per heavy atom. The van der Waals surface area contributed by atoms with Gasteiger partial charge in [0, 0.05) is 12.6 Å². The van der Waals surface area contributed by atoms with Crippen LogP contribution in [0.5, 0.6) is 0 Å². The summed E-state index contributed by atoms with van der Waals surface area (Å²) in [5.74, 6) is 1.59. The van der Waals surface area contributed by atoms with E-state index in [-0.39, 0.29) is 0 Å². The number of pyridine rings is 1. The lowest BCUT2D eigenvalue weighted by Crippen LogP contribution is -1.85. The van der Waals surface area contributed by atoms with Crippen molar-refractivity contribution in [2.75, 3.05) is 0 Å². The van der Waals surface area contributed by atoms with Gasteiger partial charge in [-0.2, -0.15) is 0 Å². The van der Waals surface area contributed by atoms with Gasteiger partial charge in [0.1, 0.15) is 5.69 Å². The highest BCUT2D eigenvalue weighted by molar-refractivity contribution is 5.49. The van der Waals surface area contributed by atoms with Crippen LogP contribution in [0.15, 0.2) is 35.0 Å². The van der Waals surface area contributed by atoms with Gasteiger partial charge in [-0.15, -0.1) is 0 Å². The van der Waals surface area contributed by atoms with E-state index >= 15 is 0 Å². The number of aryl methyl sites for hydroxylation is 1. The van der Waals surface area contributed by atoms with Gasteiger partial charge in [0.25, 0.3) is 0 Å². The molecule has 0 aliphatic carbocycles. The topological polar surface area (TPSA) is 38.9 Å². The third-order valence-electron chi connectivity index (χ3n) is 2.97. The molecule has 3 heteroatoms. The minimum absolute atomic E-state index is 0.763. The van der Waals surface area contributed by atoms with Crippen molar-refractivity contribution >= 4 is 0 Å². The van der Waals surface area contributed by atoms with Crippen LogP contribution in [0.1, 0.15) is 44.9 Å². The Hall–Kier alpha value is -1.64. The van der Waals surface area contributed by atoms with Crippen LogP contribution >= 0.6 is 0 Å². The molecule has 0 unspecified atom stereocenters. The monoisotopic (exact) mass is 244 g/mol. The lowest BCUT2D eigenvalue weighted by molar-refractivity contribution is 0.487. The molecule has 2 heterocycles. The minimum Gasteiger partial charge on any atom is -0.439 e. The van der Waals surface area contributed by atoms with Crippen molar-refractivity contribution in [2.24, 2.45) is 0 Å². The number of nitrogens with zero attached hydrogens (tertiary/aromatic N) is 2. The van der Waals surface area contributed by atoms with Crippen molar-refractivity contribution in [3.63, 3.8) is 0 Å². The molecule has 18 heavy (non-hydrogen) atoms. The fraction of sp³-hybridized carbons (Fsp3) is 0.467. The second-order valence-electron chi connectivity index (χ2n) is 4.50. The van der Waals surface area contributed by atoms with Crippen molar-refractivity contribution in [1.29, 1.82) is 0 Å². The van der Waals surface area contributed by atoms with Crippen LogP contribution in [0.25, 0.3) is 11.5 Å². The van der Waals surface area contributed by atoms with Gasteiger partial charge in [-0.3, -0.25) is 4.98 Å². The lowest BCUT2D eigenvalue weighted by atomic mass is 10.1. The minimum atomic E-state index is 0.763. The zero-order chi connectivity index (χ0) is 12.6. The lowest BCUT2D eigenvalue weighted by Gasteiger charge is -1.97. The van der Waals surface area contributed by atoms with E-state index in [1.54, 1.807) is 12.4 Å². The number of oxazole rings is 1. The number of rotatable bonds is 7. The van der Waals surface area contributed by atoms with Gasteiger partial charge >= 0.3 is 0 Å². The van der Waals surface area contributed by atoms with E-state index in [1.165, 1.54) is 25.7 Å². The van der Waals surface area contributed by atoms with E-state index in [0.29, 0.717) is 0 Å². The first-order valence-corrected chi connectivity index (χ1v) is 6.76. The first-order valence-electron chi connectivity index (χ1n) is 6.76. The highest BCUT2D eigenvalue weighted by Gasteiger charge is 2.06. The molecule has 0 amide bonds. The highest BCUT2D eigenvalue weighted by Crippen LogP contribution is 2.18. The molecule has 0 atom stereocenters. The molecule has 0 fully saturated rings. The van der Waals surface area contributed by atoms with E-state index < -0.39 is 0 Å². The molecule has 2 aromatic heterocycles. The van der Waals surface area contributed by atoms with Gasteiger partial charge in [-0.05, 0) is 18.6 Å². The van der Waals surface area contributed by atoms with Crippen molar-refractivity contribution in [2.45, 2.75) is 45.4 Å². The Balaban J connectivity index is 1.83. The number of aromatic nitrogens is 2. The standard InChI is InChI=1S/C15H20N2O/c1-2-3-4-5-6-10-15-17-12-14(18-15)13-9-7-8-11-16-13/h7-9,11-12H,2-6,10H2,1H3. The van der Waals surface area contributed by atoms with Gasteiger partial charge in [0.15, 0.2) is 11.7 Å². The summed E-state index contributed by atoms with van der Waals surface area (Å²) in [6, 6.07) is 5.79. The Morgan fingerprint density at radius 1 is 1.06 bits per heavy atom. The Kier molecular flexibility index (Phi) is 4.94. The summed E-state index contributed by atoms with van der Waals surface area (Å²) < 4.78 is 5.70. The van der Waals surface area contributed by atoms with Crippen molar-refractivity contribution < 1.29 is 4.42 Å². The molecule has 96 valence electrons. The molecular weight excluding hydrogens is 224 g/mol. The van der Waals surface area contributed by atoms with Gasteiger partial charge in [0.05, 0.1) is 6.20 Å². The highest BCUT2D eigenvalue weighted by atomic mass is 16.4. The maximum atomic E-state index is 5.70. The van der Waals surface area contributed by atoms with Crippen LogP contribution in [0, 0.1) is 0 Å². The van der Waals surface area contributed by atoms with Crippen LogP contribution in [-0.4, -0.2) is 9.97 Å². The Morgan fingerprint density at radius 2 is 1.94 bits per heavy atom. The van der Waals surface area contributed by atoms with E-state index in [2.05, 4.69) is 16.9 Å². The number of hydrogen-bond acceptors (Lipinski definition) is 3. The second kappa shape index (κ2) is 6.94. The zero-order valence-electron chi connectivity index (χ0n) is 10.9. The van der Waals surface area contributed by atoms with Crippen molar-refractivity contribution in [3.8, 4) is 11.5 Å². The molecular formula is C15H20N2O. The molecule has 0 saturated carbocycles. The summed E-state index contributed by atoms with van der Waals surface area (Å²) in [4.78, 5) is 8.55. The molecule has 3 nitrogen and oxygen atoms in total. The van der Waals surface area contributed by atoms with Crippen LogP contribution in [0.4, 0.5) is 0 Å². The summed E-state index contributed by atoms with van der Waals surface area (Å²) in [7, 11) is 0. The average molecular weight is 244 g/mol. The Labute approximate surface area is 108 Å². The van der Waals surface area contributed by atoms with Gasteiger partial charge in [0.2, 0.25) is 0 Å². The third-order valence-corrected chi connectivity index (χ3v) is 2.97. The molecule has 0 aliphatic heterocycles. The van der Waals surface area contributed by atoms with E-state index in [0.717, 1.165) is 30.2 Å². The van der Waals surface area contributed by atoms with Crippen LogP contribution in [0.3, 0.4) is 0 Å². The SMILES string of the molecule is CCCCCCCc1ncc(-c2ccccn2)o1. The quantitative estimate of drug-likeness (QED) is 0.683. The van der Waals surface area contributed by atoms with Crippen molar-refractivity contribution in [3.05, 3.63) is 36.5 Å². The average Bonchev–Trinajstić information content (AvgIpc) is 2.88. The van der Waals surface area contributed by atoms with Crippen LogP contribution in [0.2, 0.25) is 0 Å². The summed E-state index contributed by atoms with van der Waals surface area (Å²) in [6.45, 7) is 2.23. The predicted molar refractivity (Wildman–Crippen MR) is 72.2 cm³/mol. The largest absolute Gasteiger partial charge is 0.439 e. The fourth-order valence-electron chi connectivity index (χ4n) is 1.93. The molecule has 0 spiro atoms. The van der Waals surface area contributed by atoms with E-state index in [9.17, 15) is 0 Å². The van der Waals surface area contributed by atoms with Gasteiger partial charge in [-0.1, -0.05) is 38.7 Å². The molecule has 0 saturated heterocycles. The first kappa shape index (κ1) is 12.8. The summed E-state index contributed by atoms with van der Waals surface area (Å²) in [5, 5.41) is 0. The number of hydrogen-bond donors (Lipinski definition) is 0. The first-order chi connectivity index (χ1) is 8.90. The normalized spacial score (nSPS) is 10.7. The van der Waals surface area contributed by atoms with E-state index in [1.807, 2.05) is 18.2 Å². The van der Waals surface area contributed by atoms with Crippen LogP contribution in [-0.2, 0) is 6.42 Å². The zero-order valence-corrected chi connectivity index (χ0v) is 10.9. The molecule has 0 N–H and O–H groups in total. The maximum absolute atomic E-state index is 5.70. The van der Waals surface area contributed by atoms with Crippen molar-refractivity contribution in [1.82, 2.24) is 9.97 Å². The Bertz CT molecular complexity index is 451. The smallest absolute Gasteiger partial charge is 0.194 e. The summed E-state index contributed by atoms with van der Waals surface area (Å²) in [5.41, 5.74) is 0.849. The molecule has 0 aromatic carbocycles. The molecule has 2 aromatic rings. The second-order valence-corrected chi connectivity index (χ2v) is 4.50.